The number of hydrogen-bond acceptors (Lipinski definition) is 5. The van der Waals surface area contributed by atoms with E-state index in [0.29, 0.717) is 17.1 Å². The molecule has 0 unspecified atom stereocenters. The zero-order chi connectivity index (χ0) is 25.1. The summed E-state index contributed by atoms with van der Waals surface area (Å²) in [7, 11) is 0. The Morgan fingerprint density at radius 1 is 1.03 bits per heavy atom. The van der Waals surface area contributed by atoms with Crippen LogP contribution in [-0.2, 0) is 4.79 Å². The maximum Gasteiger partial charge on any atom is 0.269 e. The van der Waals surface area contributed by atoms with Crippen molar-refractivity contribution in [3.05, 3.63) is 105 Å². The Balaban J connectivity index is 1.84. The first-order chi connectivity index (χ1) is 16.7. The first kappa shape index (κ1) is 23.5. The van der Waals surface area contributed by atoms with Crippen LogP contribution in [0.3, 0.4) is 0 Å². The highest BCUT2D eigenvalue weighted by molar-refractivity contribution is 6.09. The van der Waals surface area contributed by atoms with E-state index in [1.54, 1.807) is 24.4 Å². The number of carbonyl (C=O) groups excluding carboxylic acids is 1. The molecule has 1 N–H and O–H groups in total. The van der Waals surface area contributed by atoms with Gasteiger partial charge in [0.2, 0.25) is 5.88 Å². The van der Waals surface area contributed by atoms with E-state index in [4.69, 9.17) is 4.74 Å². The monoisotopic (exact) mass is 464 g/mol. The highest BCUT2D eigenvalue weighted by atomic mass is 16.5. The maximum absolute atomic E-state index is 13.5. The fraction of sp³-hybridized carbons (Fsp3) is 0.143. The lowest BCUT2D eigenvalue weighted by atomic mass is 10.1. The van der Waals surface area contributed by atoms with Crippen molar-refractivity contribution in [2.75, 3.05) is 5.32 Å². The van der Waals surface area contributed by atoms with Gasteiger partial charge in [-0.15, -0.1) is 0 Å². The molecule has 0 fully saturated rings. The first-order valence-electron chi connectivity index (χ1n) is 11.0. The van der Waals surface area contributed by atoms with Gasteiger partial charge in [0.25, 0.3) is 11.5 Å². The quantitative estimate of drug-likeness (QED) is 0.321. The molecule has 0 bridgehead atoms. The summed E-state index contributed by atoms with van der Waals surface area (Å²) in [6.45, 7) is 7.66. The highest BCUT2D eigenvalue weighted by Crippen LogP contribution is 2.26. The van der Waals surface area contributed by atoms with E-state index in [9.17, 15) is 14.9 Å². The van der Waals surface area contributed by atoms with Gasteiger partial charge >= 0.3 is 0 Å². The van der Waals surface area contributed by atoms with Crippen LogP contribution in [-0.4, -0.2) is 15.3 Å². The van der Waals surface area contributed by atoms with Crippen molar-refractivity contribution in [3.8, 4) is 17.7 Å². The number of nitriles is 1. The zero-order valence-electron chi connectivity index (χ0n) is 19.9. The molecule has 2 aromatic heterocycles. The van der Waals surface area contributed by atoms with Gasteiger partial charge in [0, 0.05) is 11.9 Å². The van der Waals surface area contributed by atoms with Crippen LogP contribution in [0.2, 0.25) is 0 Å². The minimum absolute atomic E-state index is 0.00265. The Bertz CT molecular complexity index is 1560. The molecule has 7 heteroatoms. The van der Waals surface area contributed by atoms with E-state index in [0.717, 1.165) is 22.3 Å². The molecule has 174 valence electrons. The molecule has 0 aliphatic carbocycles. The number of rotatable bonds is 5. The number of carbonyl (C=O) groups is 1. The van der Waals surface area contributed by atoms with E-state index >= 15 is 0 Å². The molecule has 4 aromatic rings. The number of nitrogens with zero attached hydrogens (tertiary/aromatic N) is 3. The van der Waals surface area contributed by atoms with E-state index < -0.39 is 11.5 Å². The predicted octanol–water partition coefficient (Wildman–Crippen LogP) is 5.27. The molecule has 0 radical (unpaired) electrons. The van der Waals surface area contributed by atoms with E-state index in [-0.39, 0.29) is 17.0 Å². The van der Waals surface area contributed by atoms with Crippen LogP contribution in [0.1, 0.15) is 27.8 Å². The Hall–Kier alpha value is -4.70. The molecule has 0 aliphatic heterocycles. The smallest absolute Gasteiger partial charge is 0.269 e. The normalized spacial score (nSPS) is 11.2. The Labute approximate surface area is 203 Å². The minimum atomic E-state index is -0.637. The molecule has 0 saturated carbocycles. The molecule has 0 aliphatic rings. The number of ether oxygens (including phenoxy) is 1. The van der Waals surface area contributed by atoms with E-state index in [1.165, 1.54) is 10.5 Å². The second-order valence-electron chi connectivity index (χ2n) is 8.44. The minimum Gasteiger partial charge on any atom is -0.438 e. The third-order valence-electron chi connectivity index (χ3n) is 5.42. The van der Waals surface area contributed by atoms with Crippen LogP contribution >= 0.6 is 0 Å². The standard InChI is InChI=1S/C28H24N4O3/c1-17-7-9-22(10-8-17)30-26(33)21(16-29)15-24-27(35-23-13-18(2)12-19(3)14-23)31-25-20(4)6-5-11-32(25)28(24)34/h5-15H,1-4H3,(H,30,33)/b21-15+. The Morgan fingerprint density at radius 3 is 2.37 bits per heavy atom. The topological polar surface area (TPSA) is 96.5 Å². The van der Waals surface area contributed by atoms with Crippen molar-refractivity contribution < 1.29 is 9.53 Å². The number of hydrogen-bond donors (Lipinski definition) is 1. The van der Waals surface area contributed by atoms with Crippen molar-refractivity contribution in [2.45, 2.75) is 27.7 Å². The Morgan fingerprint density at radius 2 is 1.71 bits per heavy atom. The molecule has 7 nitrogen and oxygen atoms in total. The number of aromatic nitrogens is 2. The van der Waals surface area contributed by atoms with Gasteiger partial charge in [-0.3, -0.25) is 14.0 Å². The lowest BCUT2D eigenvalue weighted by Crippen LogP contribution is -2.20. The van der Waals surface area contributed by atoms with Gasteiger partial charge in [0.1, 0.15) is 28.6 Å². The molecule has 2 heterocycles. The van der Waals surface area contributed by atoms with Crippen LogP contribution in [0.25, 0.3) is 11.7 Å². The van der Waals surface area contributed by atoms with Crippen LogP contribution in [0.15, 0.2) is 71.2 Å². The molecule has 0 atom stereocenters. The lowest BCUT2D eigenvalue weighted by molar-refractivity contribution is -0.112. The van der Waals surface area contributed by atoms with E-state index in [2.05, 4.69) is 10.3 Å². The third kappa shape index (κ3) is 5.12. The van der Waals surface area contributed by atoms with E-state index in [1.807, 2.05) is 70.2 Å². The van der Waals surface area contributed by atoms with Crippen LogP contribution in [0, 0.1) is 39.0 Å². The summed E-state index contributed by atoms with van der Waals surface area (Å²) in [4.78, 5) is 30.9. The van der Waals surface area contributed by atoms with Crippen molar-refractivity contribution in [3.63, 3.8) is 0 Å². The SMILES string of the molecule is Cc1ccc(NC(=O)/C(C#N)=C/c2c(Oc3cc(C)cc(C)c3)nc3c(C)cccn3c2=O)cc1. The largest absolute Gasteiger partial charge is 0.438 e. The number of pyridine rings is 1. The highest BCUT2D eigenvalue weighted by Gasteiger charge is 2.18. The van der Waals surface area contributed by atoms with Crippen LogP contribution in [0.5, 0.6) is 11.6 Å². The number of benzene rings is 2. The number of amides is 1. The summed E-state index contributed by atoms with van der Waals surface area (Å²) in [5.41, 5.74) is 4.07. The molecule has 4 rings (SSSR count). The second-order valence-corrected chi connectivity index (χ2v) is 8.44. The number of fused-ring (bicyclic) bond motifs is 1. The zero-order valence-corrected chi connectivity index (χ0v) is 19.9. The number of anilines is 1. The average molecular weight is 465 g/mol. The number of nitrogens with one attached hydrogen (secondary N) is 1. The van der Waals surface area contributed by atoms with Crippen molar-refractivity contribution in [2.24, 2.45) is 0 Å². The predicted molar refractivity (Wildman–Crippen MR) is 136 cm³/mol. The van der Waals surface area contributed by atoms with Gasteiger partial charge in [0.15, 0.2) is 0 Å². The fourth-order valence-corrected chi connectivity index (χ4v) is 3.73. The summed E-state index contributed by atoms with van der Waals surface area (Å²) in [5.74, 6) is -0.114. The molecule has 0 spiro atoms. The molecule has 1 amide bonds. The van der Waals surface area contributed by atoms with Crippen LogP contribution < -0.4 is 15.6 Å². The molecular formula is C28H24N4O3. The van der Waals surface area contributed by atoms with Gasteiger partial charge < -0.3 is 10.1 Å². The van der Waals surface area contributed by atoms with Gasteiger partial charge in [-0.1, -0.05) is 29.8 Å². The van der Waals surface area contributed by atoms with Gasteiger partial charge in [0.05, 0.1) is 0 Å². The van der Waals surface area contributed by atoms with Crippen molar-refractivity contribution in [1.82, 2.24) is 9.38 Å². The second kappa shape index (κ2) is 9.65. The molecule has 0 saturated heterocycles. The van der Waals surface area contributed by atoms with Crippen molar-refractivity contribution >= 4 is 23.3 Å². The van der Waals surface area contributed by atoms with Crippen LogP contribution in [0.4, 0.5) is 5.69 Å². The average Bonchev–Trinajstić information content (AvgIpc) is 2.80. The Kier molecular flexibility index (Phi) is 6.47. The maximum atomic E-state index is 13.5. The van der Waals surface area contributed by atoms with Gasteiger partial charge in [-0.05, 0) is 80.8 Å². The van der Waals surface area contributed by atoms with Gasteiger partial charge in [-0.2, -0.15) is 10.2 Å². The summed E-state index contributed by atoms with van der Waals surface area (Å²) in [5, 5.41) is 12.4. The fourth-order valence-electron chi connectivity index (χ4n) is 3.73. The van der Waals surface area contributed by atoms with Gasteiger partial charge in [-0.25, -0.2) is 0 Å². The van der Waals surface area contributed by atoms with Crippen molar-refractivity contribution in [1.29, 1.82) is 5.26 Å². The summed E-state index contributed by atoms with van der Waals surface area (Å²) in [6.07, 6.45) is 2.82. The summed E-state index contributed by atoms with van der Waals surface area (Å²) < 4.78 is 7.44. The lowest BCUT2D eigenvalue weighted by Gasteiger charge is -2.12. The summed E-state index contributed by atoms with van der Waals surface area (Å²) >= 11 is 0. The molecule has 2 aromatic carbocycles. The molecular weight excluding hydrogens is 440 g/mol. The number of aryl methyl sites for hydroxylation is 4. The third-order valence-corrected chi connectivity index (χ3v) is 5.42. The molecule has 35 heavy (non-hydrogen) atoms. The first-order valence-corrected chi connectivity index (χ1v) is 11.0. The summed E-state index contributed by atoms with van der Waals surface area (Å²) in [6, 6.07) is 18.3.